The van der Waals surface area contributed by atoms with Gasteiger partial charge in [-0.15, -0.1) is 0 Å². The van der Waals surface area contributed by atoms with Gasteiger partial charge in [-0.05, 0) is 50.1 Å². The van der Waals surface area contributed by atoms with Crippen LogP contribution in [0.15, 0.2) is 30.3 Å². The van der Waals surface area contributed by atoms with Crippen molar-refractivity contribution in [1.82, 2.24) is 0 Å². The van der Waals surface area contributed by atoms with Crippen LogP contribution in [0, 0.1) is 13.8 Å². The van der Waals surface area contributed by atoms with Gasteiger partial charge in [0.2, 0.25) is 0 Å². The van der Waals surface area contributed by atoms with E-state index in [1.807, 2.05) is 13.8 Å². The van der Waals surface area contributed by atoms with Crippen molar-refractivity contribution >= 4 is 29.2 Å². The van der Waals surface area contributed by atoms with Crippen LogP contribution in [0.3, 0.4) is 0 Å². The van der Waals surface area contributed by atoms with Gasteiger partial charge in [-0.2, -0.15) is 0 Å². The number of rotatable bonds is 6. The van der Waals surface area contributed by atoms with Crippen LogP contribution in [0.5, 0.6) is 11.5 Å². The van der Waals surface area contributed by atoms with Crippen LogP contribution in [0.25, 0.3) is 0 Å². The summed E-state index contributed by atoms with van der Waals surface area (Å²) in [4.78, 5) is 24.7. The molecular formula is C20H22ClNO5. The molecule has 2 aromatic rings. The van der Waals surface area contributed by atoms with Crippen molar-refractivity contribution in [1.29, 1.82) is 0 Å². The SMILES string of the molecule is COc1cc(C(=O)O[C@H](C)C(=O)Nc2cc(C)c(Cl)cc2OC)ccc1C. The van der Waals surface area contributed by atoms with Gasteiger partial charge in [0.05, 0.1) is 25.5 Å². The lowest BCUT2D eigenvalue weighted by Crippen LogP contribution is -2.30. The van der Waals surface area contributed by atoms with E-state index in [-0.39, 0.29) is 0 Å². The number of hydrogen-bond acceptors (Lipinski definition) is 5. The summed E-state index contributed by atoms with van der Waals surface area (Å²) < 4.78 is 15.7. The molecule has 0 saturated heterocycles. The quantitative estimate of drug-likeness (QED) is 0.748. The third-order valence-electron chi connectivity index (χ3n) is 4.04. The number of anilines is 1. The molecule has 7 heteroatoms. The summed E-state index contributed by atoms with van der Waals surface area (Å²) >= 11 is 6.06. The van der Waals surface area contributed by atoms with Crippen LogP contribution in [0.1, 0.15) is 28.4 Å². The molecule has 0 heterocycles. The third kappa shape index (κ3) is 4.92. The second kappa shape index (κ2) is 8.77. The lowest BCUT2D eigenvalue weighted by atomic mass is 10.1. The minimum atomic E-state index is -1.01. The molecular weight excluding hydrogens is 370 g/mol. The number of aryl methyl sites for hydroxylation is 2. The lowest BCUT2D eigenvalue weighted by Gasteiger charge is -2.16. The Morgan fingerprint density at radius 2 is 1.67 bits per heavy atom. The highest BCUT2D eigenvalue weighted by Gasteiger charge is 2.21. The number of methoxy groups -OCH3 is 2. The smallest absolute Gasteiger partial charge is 0.339 e. The summed E-state index contributed by atoms with van der Waals surface area (Å²) in [5.41, 5.74) is 2.43. The molecule has 27 heavy (non-hydrogen) atoms. The molecule has 0 aliphatic rings. The zero-order valence-corrected chi connectivity index (χ0v) is 16.6. The fourth-order valence-electron chi connectivity index (χ4n) is 2.39. The molecule has 0 aliphatic heterocycles. The van der Waals surface area contributed by atoms with Gasteiger partial charge in [-0.25, -0.2) is 4.79 Å². The average Bonchev–Trinajstić information content (AvgIpc) is 2.64. The Hall–Kier alpha value is -2.73. The molecule has 0 fully saturated rings. The molecule has 6 nitrogen and oxygen atoms in total. The summed E-state index contributed by atoms with van der Waals surface area (Å²) in [6, 6.07) is 8.26. The molecule has 2 aromatic carbocycles. The Morgan fingerprint density at radius 1 is 1.00 bits per heavy atom. The van der Waals surface area contributed by atoms with E-state index in [0.29, 0.717) is 27.8 Å². The van der Waals surface area contributed by atoms with Crippen LogP contribution >= 0.6 is 11.6 Å². The van der Waals surface area contributed by atoms with E-state index in [4.69, 9.17) is 25.8 Å². The van der Waals surface area contributed by atoms with Crippen molar-refractivity contribution in [2.24, 2.45) is 0 Å². The highest BCUT2D eigenvalue weighted by molar-refractivity contribution is 6.31. The van der Waals surface area contributed by atoms with E-state index < -0.39 is 18.0 Å². The van der Waals surface area contributed by atoms with Gasteiger partial charge in [0, 0.05) is 11.1 Å². The third-order valence-corrected chi connectivity index (χ3v) is 4.44. The molecule has 0 unspecified atom stereocenters. The molecule has 2 rings (SSSR count). The van der Waals surface area contributed by atoms with E-state index in [2.05, 4.69) is 5.32 Å². The summed E-state index contributed by atoms with van der Waals surface area (Å²) in [7, 11) is 3.00. The van der Waals surface area contributed by atoms with E-state index in [1.54, 1.807) is 30.3 Å². The largest absolute Gasteiger partial charge is 0.496 e. The fraction of sp³-hybridized carbons (Fsp3) is 0.300. The van der Waals surface area contributed by atoms with Gasteiger partial charge in [0.1, 0.15) is 11.5 Å². The number of benzene rings is 2. The molecule has 0 spiro atoms. The Morgan fingerprint density at radius 3 is 2.30 bits per heavy atom. The van der Waals surface area contributed by atoms with Gasteiger partial charge in [0.25, 0.3) is 5.91 Å². The summed E-state index contributed by atoms with van der Waals surface area (Å²) in [6.07, 6.45) is -1.01. The van der Waals surface area contributed by atoms with E-state index in [9.17, 15) is 9.59 Å². The minimum absolute atomic E-state index is 0.303. The number of halogens is 1. The molecule has 0 bridgehead atoms. The number of carbonyl (C=O) groups is 2. The molecule has 0 aromatic heterocycles. The highest BCUT2D eigenvalue weighted by Crippen LogP contribution is 2.31. The van der Waals surface area contributed by atoms with Crippen molar-refractivity contribution < 1.29 is 23.8 Å². The molecule has 1 N–H and O–H groups in total. The zero-order valence-electron chi connectivity index (χ0n) is 15.9. The zero-order chi connectivity index (χ0) is 20.1. The number of carbonyl (C=O) groups excluding carboxylic acids is 2. The number of amides is 1. The molecule has 0 aliphatic carbocycles. The first-order chi connectivity index (χ1) is 12.8. The number of esters is 1. The van der Waals surface area contributed by atoms with Gasteiger partial charge in [0.15, 0.2) is 6.10 Å². The monoisotopic (exact) mass is 391 g/mol. The fourth-order valence-corrected chi connectivity index (χ4v) is 2.55. The van der Waals surface area contributed by atoms with Gasteiger partial charge >= 0.3 is 5.97 Å². The second-order valence-corrected chi connectivity index (χ2v) is 6.43. The normalized spacial score (nSPS) is 11.5. The number of hydrogen-bond donors (Lipinski definition) is 1. The van der Waals surface area contributed by atoms with Gasteiger partial charge in [-0.3, -0.25) is 4.79 Å². The van der Waals surface area contributed by atoms with Crippen LogP contribution in [-0.4, -0.2) is 32.2 Å². The number of ether oxygens (including phenoxy) is 3. The first-order valence-electron chi connectivity index (χ1n) is 8.27. The van der Waals surface area contributed by atoms with Gasteiger partial charge < -0.3 is 19.5 Å². The maximum atomic E-state index is 12.4. The predicted octanol–water partition coefficient (Wildman–Crippen LogP) is 4.16. The van der Waals surface area contributed by atoms with Crippen molar-refractivity contribution in [2.45, 2.75) is 26.9 Å². The number of nitrogens with one attached hydrogen (secondary N) is 1. The first kappa shape index (κ1) is 20.6. The Bertz CT molecular complexity index is 866. The van der Waals surface area contributed by atoms with Crippen molar-refractivity contribution in [3.05, 3.63) is 52.0 Å². The van der Waals surface area contributed by atoms with Crippen LogP contribution in [0.2, 0.25) is 5.02 Å². The minimum Gasteiger partial charge on any atom is -0.496 e. The van der Waals surface area contributed by atoms with Gasteiger partial charge in [-0.1, -0.05) is 17.7 Å². The van der Waals surface area contributed by atoms with Crippen molar-refractivity contribution in [2.75, 3.05) is 19.5 Å². The summed E-state index contributed by atoms with van der Waals surface area (Å²) in [5.74, 6) is -0.110. The van der Waals surface area contributed by atoms with Crippen molar-refractivity contribution in [3.8, 4) is 11.5 Å². The van der Waals surface area contributed by atoms with Crippen LogP contribution < -0.4 is 14.8 Å². The molecule has 1 atom stereocenters. The Balaban J connectivity index is 2.10. The van der Waals surface area contributed by atoms with E-state index in [0.717, 1.165) is 11.1 Å². The average molecular weight is 392 g/mol. The predicted molar refractivity (Wildman–Crippen MR) is 104 cm³/mol. The first-order valence-corrected chi connectivity index (χ1v) is 8.65. The Kier molecular flexibility index (Phi) is 6.69. The van der Waals surface area contributed by atoms with Crippen LogP contribution in [0.4, 0.5) is 5.69 Å². The lowest BCUT2D eigenvalue weighted by molar-refractivity contribution is -0.123. The van der Waals surface area contributed by atoms with Crippen molar-refractivity contribution in [3.63, 3.8) is 0 Å². The topological polar surface area (TPSA) is 73.9 Å². The molecule has 1 amide bonds. The maximum Gasteiger partial charge on any atom is 0.339 e. The molecule has 0 saturated carbocycles. The second-order valence-electron chi connectivity index (χ2n) is 6.02. The van der Waals surface area contributed by atoms with Crippen LogP contribution in [-0.2, 0) is 9.53 Å². The standard InChI is InChI=1S/C20H22ClNO5/c1-11-6-7-14(9-17(11)25-4)20(24)27-13(3)19(23)22-16-8-12(2)15(21)10-18(16)26-5/h6-10,13H,1-5H3,(H,22,23)/t13-/m1/s1. The molecule has 0 radical (unpaired) electrons. The van der Waals surface area contributed by atoms with E-state index in [1.165, 1.54) is 21.1 Å². The Labute approximate surface area is 163 Å². The summed E-state index contributed by atoms with van der Waals surface area (Å²) in [5, 5.41) is 3.22. The molecule has 144 valence electrons. The highest BCUT2D eigenvalue weighted by atomic mass is 35.5. The van der Waals surface area contributed by atoms with E-state index >= 15 is 0 Å². The maximum absolute atomic E-state index is 12.4. The summed E-state index contributed by atoms with van der Waals surface area (Å²) in [6.45, 7) is 5.17.